The molecule has 10 rings (SSSR count). The van der Waals surface area contributed by atoms with Gasteiger partial charge in [-0.15, -0.1) is 0 Å². The average Bonchev–Trinajstić information content (AvgIpc) is 1.55. The van der Waals surface area contributed by atoms with Gasteiger partial charge in [-0.1, -0.05) is 170 Å². The fraction of sp³-hybridized carbons (Fsp3) is 0.400. The molecule has 0 radical (unpaired) electrons. The van der Waals surface area contributed by atoms with E-state index in [2.05, 4.69) is 233 Å². The largest absolute Gasteiger partial charge is 0.505 e. The number of phenolic OH excluding ortho intramolecular Hbond substituents is 2. The standard InChI is InChI=1S/C80H94F2N2O4/c1-23-80(22,87-69-34-28-53(81)44-59(69)61-40-51(78(17,18)19)42-67(71(61)85)83-63-30-24-47(74(5,6)7)36-55(63)56-37-48(75(8,9)10)25-31-64(56)83)88-70-35-29-54(82)45-60(70)62-41-52(79(20,21)46-73(2,3)4)43-68(72(62)86)84-65-32-26-49(76(11,12)13)38-57(65)58-39-50(77(14,15)16)27-33-66(58)84/h24-45,85-86H,23,46H2,1-22H3. The zero-order valence-electron chi connectivity index (χ0n) is 56.5. The van der Waals surface area contributed by atoms with Gasteiger partial charge in [-0.05, 0) is 187 Å². The van der Waals surface area contributed by atoms with Crippen molar-refractivity contribution in [1.82, 2.24) is 9.13 Å². The van der Waals surface area contributed by atoms with Crippen molar-refractivity contribution in [3.05, 3.63) is 178 Å². The third-order valence-electron chi connectivity index (χ3n) is 18.0. The molecule has 0 saturated heterocycles. The van der Waals surface area contributed by atoms with E-state index in [1.807, 2.05) is 26.0 Å². The fourth-order valence-corrected chi connectivity index (χ4v) is 12.9. The fourth-order valence-electron chi connectivity index (χ4n) is 12.9. The summed E-state index contributed by atoms with van der Waals surface area (Å²) >= 11 is 0. The van der Waals surface area contributed by atoms with Crippen LogP contribution >= 0.6 is 0 Å². The summed E-state index contributed by atoms with van der Waals surface area (Å²) in [5, 5.41) is 30.6. The summed E-state index contributed by atoms with van der Waals surface area (Å²) in [7, 11) is 0. The van der Waals surface area contributed by atoms with Gasteiger partial charge in [-0.25, -0.2) is 8.78 Å². The quantitative estimate of drug-likeness (QED) is 0.127. The van der Waals surface area contributed by atoms with E-state index in [1.54, 1.807) is 12.1 Å². The number of phenols is 2. The summed E-state index contributed by atoms with van der Waals surface area (Å²) in [6.45, 7) is 48.0. The molecule has 462 valence electrons. The smallest absolute Gasteiger partial charge is 0.248 e. The van der Waals surface area contributed by atoms with Crippen LogP contribution in [-0.4, -0.2) is 25.1 Å². The Kier molecular flexibility index (Phi) is 15.6. The highest BCUT2D eigenvalue weighted by Crippen LogP contribution is 2.51. The Labute approximate surface area is 522 Å². The van der Waals surface area contributed by atoms with Gasteiger partial charge in [-0.2, -0.15) is 0 Å². The van der Waals surface area contributed by atoms with Gasteiger partial charge in [0.05, 0.1) is 33.4 Å². The SMILES string of the molecule is CCC(C)(Oc1ccc(F)cc1-c1cc(C(C)(C)C)cc(-n2c3ccc(C(C)(C)C)cc3c3cc(C(C)(C)C)ccc32)c1O)Oc1ccc(F)cc1-c1cc(C(C)(C)CC(C)(C)C)cc(-n2c3ccc(C(C)(C)C)cc3c3cc(C(C)(C)C)ccc32)c1O. The summed E-state index contributed by atoms with van der Waals surface area (Å²) in [5.74, 6) is -2.06. The number of nitrogens with zero attached hydrogens (tertiary/aromatic N) is 2. The number of fused-ring (bicyclic) bond motifs is 6. The van der Waals surface area contributed by atoms with Crippen LogP contribution in [0.15, 0.2) is 133 Å². The van der Waals surface area contributed by atoms with Crippen molar-refractivity contribution < 1.29 is 28.5 Å². The topological polar surface area (TPSA) is 68.8 Å². The average molecular weight is 1190 g/mol. The molecule has 1 atom stereocenters. The van der Waals surface area contributed by atoms with Gasteiger partial charge in [0.25, 0.3) is 0 Å². The molecule has 8 aromatic carbocycles. The molecule has 6 nitrogen and oxygen atoms in total. The lowest BCUT2D eigenvalue weighted by molar-refractivity contribution is -0.0992. The Bertz CT molecular complexity index is 4230. The van der Waals surface area contributed by atoms with E-state index in [1.165, 1.54) is 46.5 Å². The van der Waals surface area contributed by atoms with E-state index < -0.39 is 28.3 Å². The van der Waals surface area contributed by atoms with Crippen LogP contribution in [0.4, 0.5) is 8.78 Å². The molecular formula is C80H94F2N2O4. The molecule has 2 heterocycles. The first-order valence-electron chi connectivity index (χ1n) is 31.5. The number of hydrogen-bond donors (Lipinski definition) is 2. The number of aromatic hydroxyl groups is 2. The van der Waals surface area contributed by atoms with E-state index >= 15 is 8.78 Å². The van der Waals surface area contributed by atoms with E-state index in [4.69, 9.17) is 9.47 Å². The summed E-state index contributed by atoms with van der Waals surface area (Å²) < 4.78 is 50.9. The number of hydrogen-bond acceptors (Lipinski definition) is 4. The molecule has 10 aromatic rings. The second kappa shape index (κ2) is 21.6. The van der Waals surface area contributed by atoms with Crippen LogP contribution in [0, 0.1) is 17.0 Å². The van der Waals surface area contributed by atoms with Crippen LogP contribution in [0.3, 0.4) is 0 Å². The molecule has 0 amide bonds. The Morgan fingerprint density at radius 2 is 0.659 bits per heavy atom. The van der Waals surface area contributed by atoms with Gasteiger partial charge in [0.1, 0.15) is 34.6 Å². The maximum Gasteiger partial charge on any atom is 0.248 e. The number of ether oxygens (including phenoxy) is 2. The van der Waals surface area contributed by atoms with Crippen molar-refractivity contribution in [1.29, 1.82) is 0 Å². The van der Waals surface area contributed by atoms with E-state index in [0.29, 0.717) is 33.6 Å². The van der Waals surface area contributed by atoms with E-state index in [-0.39, 0.29) is 56.5 Å². The van der Waals surface area contributed by atoms with Crippen molar-refractivity contribution in [2.45, 2.75) is 203 Å². The van der Waals surface area contributed by atoms with Gasteiger partial charge in [-0.3, -0.25) is 0 Å². The summed E-state index contributed by atoms with van der Waals surface area (Å²) in [5.41, 5.74) is 11.6. The maximum atomic E-state index is 16.3. The van der Waals surface area contributed by atoms with Gasteiger partial charge in [0.2, 0.25) is 5.79 Å². The molecule has 0 spiro atoms. The van der Waals surface area contributed by atoms with Crippen LogP contribution in [0.2, 0.25) is 0 Å². The number of halogens is 2. The summed E-state index contributed by atoms with van der Waals surface area (Å²) in [6, 6.07) is 43.3. The van der Waals surface area contributed by atoms with Crippen LogP contribution < -0.4 is 9.47 Å². The number of aromatic nitrogens is 2. The van der Waals surface area contributed by atoms with Crippen molar-refractivity contribution in [3.8, 4) is 56.6 Å². The highest BCUT2D eigenvalue weighted by atomic mass is 19.1. The van der Waals surface area contributed by atoms with E-state index in [0.717, 1.165) is 61.2 Å². The lowest BCUT2D eigenvalue weighted by atomic mass is 9.71. The van der Waals surface area contributed by atoms with E-state index in [9.17, 15) is 10.2 Å². The van der Waals surface area contributed by atoms with Crippen LogP contribution in [-0.2, 0) is 32.5 Å². The lowest BCUT2D eigenvalue weighted by Gasteiger charge is -2.34. The molecule has 0 fully saturated rings. The first-order valence-corrected chi connectivity index (χ1v) is 31.5. The van der Waals surface area contributed by atoms with Crippen molar-refractivity contribution >= 4 is 43.6 Å². The second-order valence-corrected chi connectivity index (χ2v) is 32.2. The molecule has 2 N–H and O–H groups in total. The highest BCUT2D eigenvalue weighted by Gasteiger charge is 2.35. The molecule has 0 aliphatic heterocycles. The van der Waals surface area contributed by atoms with Gasteiger partial charge >= 0.3 is 0 Å². The Balaban J connectivity index is 1.15. The number of benzene rings is 8. The van der Waals surface area contributed by atoms with Crippen LogP contribution in [0.5, 0.6) is 23.0 Å². The number of rotatable bonds is 11. The molecule has 8 heteroatoms. The van der Waals surface area contributed by atoms with Crippen LogP contribution in [0.1, 0.15) is 199 Å². The molecule has 88 heavy (non-hydrogen) atoms. The minimum Gasteiger partial charge on any atom is -0.505 e. The van der Waals surface area contributed by atoms with Crippen molar-refractivity contribution in [2.75, 3.05) is 0 Å². The normalized spacial score (nSPS) is 14.0. The Morgan fingerprint density at radius 1 is 0.352 bits per heavy atom. The second-order valence-electron chi connectivity index (χ2n) is 32.2. The van der Waals surface area contributed by atoms with Gasteiger partial charge in [0.15, 0.2) is 0 Å². The van der Waals surface area contributed by atoms with Gasteiger partial charge in [0, 0.05) is 57.1 Å². The molecule has 0 aliphatic rings. The van der Waals surface area contributed by atoms with Crippen LogP contribution in [0.25, 0.3) is 77.2 Å². The molecular weight excluding hydrogens is 1090 g/mol. The molecule has 0 aliphatic carbocycles. The summed E-state index contributed by atoms with van der Waals surface area (Å²) in [4.78, 5) is 0. The third kappa shape index (κ3) is 12.1. The zero-order valence-corrected chi connectivity index (χ0v) is 56.5. The van der Waals surface area contributed by atoms with Crippen molar-refractivity contribution in [2.24, 2.45) is 5.41 Å². The zero-order chi connectivity index (χ0) is 64.6. The molecule has 1 unspecified atom stereocenters. The minimum atomic E-state index is -1.48. The molecule has 0 saturated carbocycles. The predicted molar refractivity (Wildman–Crippen MR) is 366 cm³/mol. The van der Waals surface area contributed by atoms with Gasteiger partial charge < -0.3 is 28.8 Å². The molecule has 2 aromatic heterocycles. The lowest BCUT2D eigenvalue weighted by Crippen LogP contribution is -2.38. The minimum absolute atomic E-state index is 0.0400. The first kappa shape index (κ1) is 63.4. The monoisotopic (exact) mass is 1180 g/mol. The maximum absolute atomic E-state index is 16.3. The van der Waals surface area contributed by atoms with Crippen molar-refractivity contribution in [3.63, 3.8) is 0 Å². The highest BCUT2D eigenvalue weighted by molar-refractivity contribution is 6.11. The Hall–Kier alpha value is -7.58. The molecule has 0 bridgehead atoms. The Morgan fingerprint density at radius 3 is 0.955 bits per heavy atom. The predicted octanol–water partition coefficient (Wildman–Crippen LogP) is 22.7. The first-order chi connectivity index (χ1) is 40.6. The summed E-state index contributed by atoms with van der Waals surface area (Å²) in [6.07, 6.45) is 1.08. The third-order valence-corrected chi connectivity index (χ3v) is 18.0.